The van der Waals surface area contributed by atoms with E-state index in [2.05, 4.69) is 44.3 Å². The number of hydrogen-bond acceptors (Lipinski definition) is 2. The van der Waals surface area contributed by atoms with Crippen molar-refractivity contribution in [1.29, 1.82) is 0 Å². The summed E-state index contributed by atoms with van der Waals surface area (Å²) < 4.78 is 0. The second kappa shape index (κ2) is 5.70. The Balaban J connectivity index is 1.90. The normalized spacial score (nSPS) is 20.1. The molecule has 0 unspecified atom stereocenters. The van der Waals surface area contributed by atoms with Crippen LogP contribution in [-0.4, -0.2) is 5.91 Å². The number of carbonyl (C=O) groups excluding carboxylic acids is 1. The first-order valence-electron chi connectivity index (χ1n) is 6.59. The Hall–Kier alpha value is -1.09. The van der Waals surface area contributed by atoms with Crippen LogP contribution in [0.3, 0.4) is 0 Å². The Morgan fingerprint density at radius 1 is 1.56 bits per heavy atom. The van der Waals surface area contributed by atoms with E-state index < -0.39 is 0 Å². The molecule has 0 aliphatic heterocycles. The topological polar surface area (TPSA) is 29.1 Å². The number of allylic oxidation sites excluding steroid dienone is 2. The molecule has 3 heteroatoms. The number of thiophene rings is 1. The van der Waals surface area contributed by atoms with E-state index in [4.69, 9.17) is 0 Å². The van der Waals surface area contributed by atoms with Crippen molar-refractivity contribution in [2.24, 2.45) is 5.92 Å². The highest BCUT2D eigenvalue weighted by Gasteiger charge is 2.17. The van der Waals surface area contributed by atoms with E-state index in [0.717, 1.165) is 12.8 Å². The zero-order valence-corrected chi connectivity index (χ0v) is 12.1. The summed E-state index contributed by atoms with van der Waals surface area (Å²) in [5.41, 5.74) is 1.26. The molecule has 0 spiro atoms. The van der Waals surface area contributed by atoms with Gasteiger partial charge in [-0.25, -0.2) is 0 Å². The number of aryl methyl sites for hydroxylation is 2. The van der Waals surface area contributed by atoms with E-state index in [9.17, 15) is 4.79 Å². The summed E-state index contributed by atoms with van der Waals surface area (Å²) in [4.78, 5) is 14.6. The molecule has 2 rings (SSSR count). The molecular weight excluding hydrogens is 242 g/mol. The van der Waals surface area contributed by atoms with Crippen molar-refractivity contribution in [1.82, 2.24) is 5.32 Å². The van der Waals surface area contributed by atoms with E-state index in [0.29, 0.717) is 12.3 Å². The average Bonchev–Trinajstić information content (AvgIpc) is 2.88. The smallest absolute Gasteiger partial charge is 0.221 e. The van der Waals surface area contributed by atoms with Gasteiger partial charge in [0.1, 0.15) is 0 Å². The number of nitrogens with one attached hydrogen (secondary N) is 1. The summed E-state index contributed by atoms with van der Waals surface area (Å²) >= 11 is 1.80. The third kappa shape index (κ3) is 3.22. The second-order valence-corrected chi connectivity index (χ2v) is 6.59. The van der Waals surface area contributed by atoms with Crippen LogP contribution in [0.4, 0.5) is 0 Å². The molecule has 2 nitrogen and oxygen atoms in total. The van der Waals surface area contributed by atoms with Crippen molar-refractivity contribution < 1.29 is 4.79 Å². The van der Waals surface area contributed by atoms with Crippen molar-refractivity contribution >= 4 is 17.2 Å². The molecule has 0 radical (unpaired) electrons. The minimum absolute atomic E-state index is 0.118. The predicted molar refractivity (Wildman–Crippen MR) is 76.8 cm³/mol. The van der Waals surface area contributed by atoms with E-state index in [1.54, 1.807) is 11.3 Å². The van der Waals surface area contributed by atoms with Crippen LogP contribution in [-0.2, 0) is 4.79 Å². The lowest BCUT2D eigenvalue weighted by molar-refractivity contribution is -0.122. The molecule has 1 N–H and O–H groups in total. The fraction of sp³-hybridized carbons (Fsp3) is 0.533. The van der Waals surface area contributed by atoms with Crippen LogP contribution in [0.2, 0.25) is 0 Å². The van der Waals surface area contributed by atoms with Gasteiger partial charge in [0.15, 0.2) is 0 Å². The maximum absolute atomic E-state index is 12.0. The number of carbonyl (C=O) groups is 1. The highest BCUT2D eigenvalue weighted by Crippen LogP contribution is 2.26. The zero-order valence-electron chi connectivity index (χ0n) is 11.3. The van der Waals surface area contributed by atoms with Gasteiger partial charge in [0.2, 0.25) is 5.91 Å². The minimum Gasteiger partial charge on any atom is -0.350 e. The van der Waals surface area contributed by atoms with Crippen molar-refractivity contribution in [3.63, 3.8) is 0 Å². The lowest BCUT2D eigenvalue weighted by Gasteiger charge is -2.15. The molecule has 1 aromatic rings. The van der Waals surface area contributed by atoms with Gasteiger partial charge in [-0.3, -0.25) is 4.79 Å². The average molecular weight is 263 g/mol. The summed E-state index contributed by atoms with van der Waals surface area (Å²) in [6, 6.07) is 2.30. The maximum Gasteiger partial charge on any atom is 0.221 e. The van der Waals surface area contributed by atoms with E-state index in [-0.39, 0.29) is 11.9 Å². The Labute approximate surface area is 113 Å². The molecule has 1 aromatic heterocycles. The lowest BCUT2D eigenvalue weighted by Crippen LogP contribution is -2.27. The van der Waals surface area contributed by atoms with E-state index in [1.807, 2.05) is 0 Å². The van der Waals surface area contributed by atoms with Crippen LogP contribution in [0.15, 0.2) is 18.2 Å². The first-order valence-corrected chi connectivity index (χ1v) is 7.41. The van der Waals surface area contributed by atoms with Gasteiger partial charge in [-0.1, -0.05) is 12.2 Å². The number of hydrogen-bond donors (Lipinski definition) is 1. The SMILES string of the molecule is Cc1cc([C@H](C)NC(=O)C[C@@H]2C=CCC2)c(C)s1. The Bertz CT molecular complexity index is 461. The van der Waals surface area contributed by atoms with Crippen molar-refractivity contribution in [3.05, 3.63) is 33.5 Å². The fourth-order valence-corrected chi connectivity index (χ4v) is 3.58. The van der Waals surface area contributed by atoms with Gasteiger partial charge in [0.05, 0.1) is 6.04 Å². The molecule has 1 aliphatic rings. The quantitative estimate of drug-likeness (QED) is 0.820. The van der Waals surface area contributed by atoms with E-state index in [1.165, 1.54) is 15.3 Å². The van der Waals surface area contributed by atoms with Crippen LogP contribution >= 0.6 is 11.3 Å². The van der Waals surface area contributed by atoms with Crippen LogP contribution in [0.1, 0.15) is 47.5 Å². The molecule has 1 heterocycles. The van der Waals surface area contributed by atoms with Gasteiger partial charge in [-0.2, -0.15) is 0 Å². The molecule has 98 valence electrons. The minimum atomic E-state index is 0.118. The summed E-state index contributed by atoms with van der Waals surface area (Å²) in [7, 11) is 0. The van der Waals surface area contributed by atoms with E-state index >= 15 is 0 Å². The lowest BCUT2D eigenvalue weighted by atomic mass is 10.0. The zero-order chi connectivity index (χ0) is 13.1. The van der Waals surface area contributed by atoms with Crippen LogP contribution in [0.25, 0.3) is 0 Å². The Morgan fingerprint density at radius 2 is 2.33 bits per heavy atom. The fourth-order valence-electron chi connectivity index (χ4n) is 2.56. The molecule has 0 bridgehead atoms. The van der Waals surface area contributed by atoms with Gasteiger partial charge in [-0.15, -0.1) is 11.3 Å². The largest absolute Gasteiger partial charge is 0.350 e. The van der Waals surface area contributed by atoms with Gasteiger partial charge >= 0.3 is 0 Å². The van der Waals surface area contributed by atoms with Crippen LogP contribution in [0.5, 0.6) is 0 Å². The van der Waals surface area contributed by atoms with Crippen molar-refractivity contribution in [3.8, 4) is 0 Å². The van der Waals surface area contributed by atoms with Gasteiger partial charge in [0, 0.05) is 16.2 Å². The molecule has 0 saturated carbocycles. The highest BCUT2D eigenvalue weighted by molar-refractivity contribution is 7.12. The monoisotopic (exact) mass is 263 g/mol. The van der Waals surface area contributed by atoms with Crippen LogP contribution < -0.4 is 5.32 Å². The summed E-state index contributed by atoms with van der Waals surface area (Å²) in [6.45, 7) is 6.30. The third-order valence-corrected chi connectivity index (χ3v) is 4.47. The second-order valence-electron chi connectivity index (χ2n) is 5.13. The van der Waals surface area contributed by atoms with Gasteiger partial charge in [0.25, 0.3) is 0 Å². The highest BCUT2D eigenvalue weighted by atomic mass is 32.1. The van der Waals surface area contributed by atoms with Crippen molar-refractivity contribution in [2.45, 2.75) is 46.1 Å². The first-order chi connectivity index (χ1) is 8.56. The van der Waals surface area contributed by atoms with Crippen molar-refractivity contribution in [2.75, 3.05) is 0 Å². The third-order valence-electron chi connectivity index (χ3n) is 3.48. The predicted octanol–water partition coefficient (Wildman–Crippen LogP) is 3.90. The maximum atomic E-state index is 12.0. The number of rotatable bonds is 4. The van der Waals surface area contributed by atoms with Gasteiger partial charge in [-0.05, 0) is 51.2 Å². The standard InChI is InChI=1S/C15H21NOS/c1-10-8-14(12(3)18-10)11(2)16-15(17)9-13-6-4-5-7-13/h4,6,8,11,13H,5,7,9H2,1-3H3,(H,16,17)/t11-,13+/m0/s1. The molecule has 18 heavy (non-hydrogen) atoms. The number of amides is 1. The van der Waals surface area contributed by atoms with Crippen LogP contribution in [0, 0.1) is 19.8 Å². The summed E-state index contributed by atoms with van der Waals surface area (Å²) in [5, 5.41) is 3.11. The molecular formula is C15H21NOS. The van der Waals surface area contributed by atoms with Gasteiger partial charge < -0.3 is 5.32 Å². The summed E-state index contributed by atoms with van der Waals surface area (Å²) in [5.74, 6) is 0.616. The molecule has 1 aliphatic carbocycles. The first kappa shape index (κ1) is 13.3. The summed E-state index contributed by atoms with van der Waals surface area (Å²) in [6.07, 6.45) is 7.22. The Morgan fingerprint density at radius 3 is 2.89 bits per heavy atom. The molecule has 0 saturated heterocycles. The molecule has 0 fully saturated rings. The molecule has 2 atom stereocenters. The Kier molecular flexibility index (Phi) is 4.23. The molecule has 1 amide bonds. The molecule has 0 aromatic carbocycles.